The number of azo groups is 2. The number of nitrogens with zero attached hydrogens (tertiary/aromatic N) is 4. The fourth-order valence-corrected chi connectivity index (χ4v) is 5.89. The summed E-state index contributed by atoms with van der Waals surface area (Å²) in [5, 5.41) is 53.7. The minimum atomic E-state index is -5.15. The molecule has 0 spiro atoms. The number of phenolic OH excluding ortho intramolecular Hbond substituents is 1. The molecule has 6 aromatic carbocycles. The van der Waals surface area contributed by atoms with Crippen LogP contribution in [0.5, 0.6) is 11.5 Å². The predicted octanol–water partition coefficient (Wildman–Crippen LogP) is 0.753. The molecule has 0 saturated carbocycles. The number of carbonyl (C=O) groups is 3. The Kier molecular flexibility index (Phi) is 14.5. The first kappa shape index (κ1) is 44.2. The van der Waals surface area contributed by atoms with E-state index in [1.165, 1.54) is 66.7 Å². The maximum Gasteiger partial charge on any atom is 1.00 e. The Balaban J connectivity index is 0.00000360. The fourth-order valence-electron chi connectivity index (χ4n) is 5.25. The van der Waals surface area contributed by atoms with Gasteiger partial charge in [0.15, 0.2) is 5.75 Å². The van der Waals surface area contributed by atoms with Crippen LogP contribution in [-0.4, -0.2) is 41.0 Å². The van der Waals surface area contributed by atoms with E-state index in [0.717, 1.165) is 18.2 Å². The van der Waals surface area contributed by atoms with Crippen molar-refractivity contribution in [2.75, 3.05) is 16.4 Å². The van der Waals surface area contributed by atoms with Crippen molar-refractivity contribution in [2.24, 2.45) is 20.5 Å². The van der Waals surface area contributed by atoms with Crippen molar-refractivity contribution >= 4 is 78.5 Å². The van der Waals surface area contributed by atoms with E-state index in [-0.39, 0.29) is 92.5 Å². The smallest absolute Gasteiger partial charge is 0.744 e. The molecule has 6 aromatic rings. The van der Waals surface area contributed by atoms with Crippen LogP contribution in [0.3, 0.4) is 0 Å². The number of aromatic carboxylic acids is 1. The Labute approximate surface area is 368 Å². The molecule has 6 N–H and O–H groups in total. The van der Waals surface area contributed by atoms with Gasteiger partial charge in [0.2, 0.25) is 0 Å². The molecule has 0 aromatic heterocycles. The summed E-state index contributed by atoms with van der Waals surface area (Å²) >= 11 is 0. The largest absolute Gasteiger partial charge is 1.00 e. The zero-order valence-corrected chi connectivity index (χ0v) is 35.2. The number of rotatable bonds is 10. The van der Waals surface area contributed by atoms with Crippen LogP contribution >= 0.6 is 0 Å². The Bertz CT molecular complexity index is 2690. The number of carbonyl (C=O) groups excluding carboxylic acids is 3. The number of hydrogen-bond donors (Lipinski definition) is 5. The third-order valence-corrected chi connectivity index (χ3v) is 8.92. The average Bonchev–Trinajstić information content (AvgIpc) is 3.14. The van der Waals surface area contributed by atoms with Gasteiger partial charge >= 0.3 is 59.1 Å². The van der Waals surface area contributed by atoms with Crippen molar-refractivity contribution in [3.8, 4) is 11.5 Å². The second-order valence-corrected chi connectivity index (χ2v) is 13.3. The summed E-state index contributed by atoms with van der Waals surface area (Å²) < 4.78 is 36.8. The Morgan fingerprint density at radius 1 is 0.684 bits per heavy atom. The number of phenols is 2. The van der Waals surface area contributed by atoms with Crippen molar-refractivity contribution in [1.29, 1.82) is 0 Å². The van der Waals surface area contributed by atoms with Gasteiger partial charge < -0.3 is 41.0 Å². The SMILES string of the molecule is Cc1cc(N=Nc2c(S(=O)(=O)[O-])cc3cc(NC(=O)c4ccc(N)cc4)ccc3c2O)ccc1N=Nc1ccc(C(=O)Nc2ccc(O)c(C(=O)[O-])c2)cc1.[Na+].[Na+]. The predicted molar refractivity (Wildman–Crippen MR) is 199 cm³/mol. The quantitative estimate of drug-likeness (QED) is 0.0426. The number of benzene rings is 6. The average molecular weight is 804 g/mol. The monoisotopic (exact) mass is 803 g/mol. The van der Waals surface area contributed by atoms with Crippen LogP contribution in [0.4, 0.5) is 39.8 Å². The molecule has 0 bridgehead atoms. The first-order valence-corrected chi connectivity index (χ1v) is 17.4. The van der Waals surface area contributed by atoms with E-state index in [0.29, 0.717) is 28.2 Å². The molecule has 0 heterocycles. The van der Waals surface area contributed by atoms with Crippen LogP contribution in [0, 0.1) is 6.92 Å². The van der Waals surface area contributed by atoms with Gasteiger partial charge in [0.05, 0.1) is 27.9 Å². The number of nitrogens with one attached hydrogen (secondary N) is 2. The van der Waals surface area contributed by atoms with Gasteiger partial charge in [-0.25, -0.2) is 8.42 Å². The van der Waals surface area contributed by atoms with Crippen LogP contribution in [0.25, 0.3) is 10.8 Å². The van der Waals surface area contributed by atoms with Gasteiger partial charge in [0.25, 0.3) is 11.8 Å². The van der Waals surface area contributed by atoms with Crippen LogP contribution in [0.1, 0.15) is 36.6 Å². The van der Waals surface area contributed by atoms with E-state index in [1.54, 1.807) is 31.2 Å². The topological polar surface area (TPSA) is 271 Å². The molecule has 0 aliphatic carbocycles. The number of carboxylic acids is 1. The van der Waals surface area contributed by atoms with Gasteiger partial charge in [-0.3, -0.25) is 9.59 Å². The molecule has 0 saturated heterocycles. The van der Waals surface area contributed by atoms with E-state index in [2.05, 4.69) is 31.1 Å². The van der Waals surface area contributed by atoms with E-state index in [9.17, 15) is 42.7 Å². The second kappa shape index (κ2) is 18.6. The molecular formula is C38H27N7Na2O9S. The van der Waals surface area contributed by atoms with Crippen molar-refractivity contribution in [2.45, 2.75) is 11.8 Å². The maximum absolute atomic E-state index is 12.7. The number of hydrogen-bond acceptors (Lipinski definition) is 14. The molecular weight excluding hydrogens is 777 g/mol. The molecule has 19 heteroatoms. The number of nitrogen functional groups attached to an aromatic ring is 1. The van der Waals surface area contributed by atoms with Gasteiger partial charge in [0, 0.05) is 39.1 Å². The molecule has 0 aliphatic heterocycles. The third-order valence-electron chi connectivity index (χ3n) is 8.07. The van der Waals surface area contributed by atoms with Crippen LogP contribution < -0.4 is 80.6 Å². The molecule has 57 heavy (non-hydrogen) atoms. The standard InChI is InChI=1S/C38H29N7O9S.2Na/c1-20-16-28(11-14-31(20)44-42-25-8-4-22(5-9-25)37(49)41-27-12-15-32(46)30(19-27)38(50)51)43-45-34-33(55(52,53)54)18-23-17-26(10-13-29(23)35(34)47)40-36(48)21-2-6-24(39)7-3-21;;/h2-19,46-47H,39H2,1H3,(H,40,48)(H,41,49)(H,50,51)(H,52,53,54);;/q;2*+1/p-2. The first-order chi connectivity index (χ1) is 26.2. The minimum Gasteiger partial charge on any atom is -0.744 e. The van der Waals surface area contributed by atoms with Crippen molar-refractivity contribution in [3.05, 3.63) is 131 Å². The number of carboxylic acid groups (broad SMARTS) is 1. The van der Waals surface area contributed by atoms with Gasteiger partial charge in [-0.1, -0.05) is 0 Å². The summed E-state index contributed by atoms with van der Waals surface area (Å²) in [6.07, 6.45) is 0. The fraction of sp³-hybridized carbons (Fsp3) is 0.0263. The summed E-state index contributed by atoms with van der Waals surface area (Å²) in [7, 11) is -5.15. The molecule has 0 fully saturated rings. The zero-order valence-electron chi connectivity index (χ0n) is 30.4. The van der Waals surface area contributed by atoms with E-state index < -0.39 is 55.5 Å². The third kappa shape index (κ3) is 10.7. The number of nitrogens with two attached hydrogens (primary N) is 1. The second-order valence-electron chi connectivity index (χ2n) is 11.9. The molecule has 0 aliphatic rings. The van der Waals surface area contributed by atoms with Gasteiger partial charge in [-0.2, -0.15) is 15.3 Å². The Morgan fingerprint density at radius 3 is 1.84 bits per heavy atom. The van der Waals surface area contributed by atoms with Crippen LogP contribution in [0.15, 0.2) is 135 Å². The number of amides is 2. The van der Waals surface area contributed by atoms with Crippen molar-refractivity contribution in [3.63, 3.8) is 0 Å². The van der Waals surface area contributed by atoms with E-state index >= 15 is 0 Å². The van der Waals surface area contributed by atoms with Gasteiger partial charge in [-0.05, 0) is 127 Å². The van der Waals surface area contributed by atoms with Gasteiger partial charge in [0.1, 0.15) is 21.6 Å². The van der Waals surface area contributed by atoms with Gasteiger partial charge in [-0.15, -0.1) is 5.11 Å². The van der Waals surface area contributed by atoms with Crippen LogP contribution in [0.2, 0.25) is 0 Å². The molecule has 0 radical (unpaired) electrons. The minimum absolute atomic E-state index is 0. The number of fused-ring (bicyclic) bond motifs is 1. The first-order valence-electron chi connectivity index (χ1n) is 16.0. The zero-order chi connectivity index (χ0) is 39.4. The van der Waals surface area contributed by atoms with Crippen molar-refractivity contribution in [1.82, 2.24) is 0 Å². The molecule has 276 valence electrons. The Hall–Kier alpha value is -5.50. The number of anilines is 3. The van der Waals surface area contributed by atoms with Crippen molar-refractivity contribution < 1.29 is 102 Å². The summed E-state index contributed by atoms with van der Waals surface area (Å²) in [6, 6.07) is 25.8. The molecule has 6 rings (SSSR count). The molecule has 0 unspecified atom stereocenters. The number of aromatic hydroxyl groups is 2. The summed E-state index contributed by atoms with van der Waals surface area (Å²) in [4.78, 5) is 35.6. The Morgan fingerprint density at radius 2 is 1.25 bits per heavy atom. The van der Waals surface area contributed by atoms with E-state index in [4.69, 9.17) is 5.73 Å². The maximum atomic E-state index is 12.7. The number of aryl methyl sites for hydroxylation is 1. The van der Waals surface area contributed by atoms with E-state index in [1.807, 2.05) is 0 Å². The summed E-state index contributed by atoms with van der Waals surface area (Å²) in [5.41, 5.74) is 7.76. The molecule has 0 atom stereocenters. The normalized spacial score (nSPS) is 11.2. The summed E-state index contributed by atoms with van der Waals surface area (Å²) in [5.74, 6) is -3.70. The summed E-state index contributed by atoms with van der Waals surface area (Å²) in [6.45, 7) is 1.71. The van der Waals surface area contributed by atoms with Crippen LogP contribution in [-0.2, 0) is 10.1 Å². The molecule has 16 nitrogen and oxygen atoms in total. The molecule has 2 amide bonds.